The van der Waals surface area contributed by atoms with Crippen LogP contribution in [0.15, 0.2) is 95.9 Å². The standard InChI is InChI=1S/C27H23N3O4/c1-34-24-14-8-5-11-19(24)21(17-23(31)18-9-3-2-4-10-18)27(30-16-15-25(32)29-30)20-12-6-7-13-22(20)28-26(27)33/h2-16,21H,17H2,1H3,(H,28,33)(H,29,32)/t21?,27-/m1/s1. The Balaban J connectivity index is 1.79. The van der Waals surface area contributed by atoms with Gasteiger partial charge in [0.1, 0.15) is 5.75 Å². The van der Waals surface area contributed by atoms with Gasteiger partial charge < -0.3 is 10.1 Å². The maximum absolute atomic E-state index is 13.9. The molecular weight excluding hydrogens is 430 g/mol. The van der Waals surface area contributed by atoms with E-state index in [1.54, 1.807) is 31.5 Å². The lowest BCUT2D eigenvalue weighted by Crippen LogP contribution is -2.48. The van der Waals surface area contributed by atoms with E-state index < -0.39 is 11.5 Å². The van der Waals surface area contributed by atoms with Gasteiger partial charge in [0.2, 0.25) is 0 Å². The molecule has 2 heterocycles. The van der Waals surface area contributed by atoms with Gasteiger partial charge in [-0.2, -0.15) is 0 Å². The topological polar surface area (TPSA) is 93.2 Å². The van der Waals surface area contributed by atoms with Crippen LogP contribution in [-0.2, 0) is 10.3 Å². The average Bonchev–Trinajstić information content (AvgIpc) is 3.43. The van der Waals surface area contributed by atoms with Gasteiger partial charge in [0.15, 0.2) is 11.3 Å². The molecule has 0 bridgehead atoms. The lowest BCUT2D eigenvalue weighted by molar-refractivity contribution is -0.123. The maximum atomic E-state index is 13.9. The second-order valence-electron chi connectivity index (χ2n) is 8.22. The molecule has 0 fully saturated rings. The van der Waals surface area contributed by atoms with Crippen LogP contribution in [0.3, 0.4) is 0 Å². The van der Waals surface area contributed by atoms with Gasteiger partial charge >= 0.3 is 0 Å². The van der Waals surface area contributed by atoms with Gasteiger partial charge in [0.05, 0.1) is 7.11 Å². The number of Topliss-reactive ketones (excluding diaryl/α,β-unsaturated/α-hetero) is 1. The van der Waals surface area contributed by atoms with Crippen molar-refractivity contribution in [1.82, 2.24) is 9.78 Å². The van der Waals surface area contributed by atoms with Crippen LogP contribution in [0.1, 0.15) is 33.8 Å². The van der Waals surface area contributed by atoms with E-state index in [4.69, 9.17) is 4.74 Å². The summed E-state index contributed by atoms with van der Waals surface area (Å²) in [7, 11) is 1.56. The number of nitrogens with zero attached hydrogens (tertiary/aromatic N) is 1. The number of anilines is 1. The Morgan fingerprint density at radius 1 is 0.941 bits per heavy atom. The minimum atomic E-state index is -1.42. The molecule has 2 atom stereocenters. The highest BCUT2D eigenvalue weighted by molar-refractivity contribution is 6.08. The van der Waals surface area contributed by atoms with E-state index in [1.165, 1.54) is 10.7 Å². The fourth-order valence-corrected chi connectivity index (χ4v) is 4.92. The summed E-state index contributed by atoms with van der Waals surface area (Å²) in [6.45, 7) is 0. The van der Waals surface area contributed by atoms with Gasteiger partial charge in [0, 0.05) is 47.0 Å². The van der Waals surface area contributed by atoms with Crippen molar-refractivity contribution in [3.05, 3.63) is 118 Å². The summed E-state index contributed by atoms with van der Waals surface area (Å²) in [6, 6.07) is 25.0. The zero-order chi connectivity index (χ0) is 23.7. The van der Waals surface area contributed by atoms with Crippen molar-refractivity contribution in [2.75, 3.05) is 12.4 Å². The average molecular weight is 453 g/mol. The van der Waals surface area contributed by atoms with Gasteiger partial charge in [0.25, 0.3) is 11.5 Å². The second kappa shape index (κ2) is 8.51. The van der Waals surface area contributed by atoms with Crippen LogP contribution in [0.25, 0.3) is 0 Å². The monoisotopic (exact) mass is 453 g/mol. The molecular formula is C27H23N3O4. The van der Waals surface area contributed by atoms with Crippen molar-refractivity contribution in [2.45, 2.75) is 17.9 Å². The van der Waals surface area contributed by atoms with Crippen molar-refractivity contribution in [2.24, 2.45) is 0 Å². The van der Waals surface area contributed by atoms with Gasteiger partial charge in [-0.25, -0.2) is 0 Å². The van der Waals surface area contributed by atoms with Crippen molar-refractivity contribution in [3.63, 3.8) is 0 Å². The van der Waals surface area contributed by atoms with E-state index in [-0.39, 0.29) is 23.7 Å². The van der Waals surface area contributed by atoms with Crippen LogP contribution < -0.4 is 15.6 Å². The Bertz CT molecular complexity index is 1420. The number of aromatic nitrogens is 2. The molecule has 1 aliphatic rings. The Labute approximate surface area is 196 Å². The largest absolute Gasteiger partial charge is 0.496 e. The molecule has 5 rings (SSSR count). The third-order valence-electron chi connectivity index (χ3n) is 6.42. The molecule has 3 aromatic carbocycles. The molecule has 1 aliphatic heterocycles. The molecule has 1 aromatic heterocycles. The van der Waals surface area contributed by atoms with E-state index in [0.717, 1.165) is 0 Å². The zero-order valence-electron chi connectivity index (χ0n) is 18.5. The summed E-state index contributed by atoms with van der Waals surface area (Å²) < 4.78 is 7.18. The number of carbonyl (C=O) groups excluding carboxylic acids is 2. The number of amides is 1. The van der Waals surface area contributed by atoms with Crippen molar-refractivity contribution < 1.29 is 14.3 Å². The number of H-pyrrole nitrogens is 1. The maximum Gasteiger partial charge on any atom is 0.264 e. The number of carbonyl (C=O) groups is 2. The van der Waals surface area contributed by atoms with Crippen molar-refractivity contribution in [1.29, 1.82) is 0 Å². The van der Waals surface area contributed by atoms with Gasteiger partial charge in [-0.05, 0) is 12.1 Å². The lowest BCUT2D eigenvalue weighted by atomic mass is 9.72. The SMILES string of the molecule is COc1ccccc1C(CC(=O)c1ccccc1)[C@@]1(n2ccc(=O)[nH]2)C(=O)Nc2ccccc21. The molecule has 2 N–H and O–H groups in total. The molecule has 0 saturated carbocycles. The van der Waals surface area contributed by atoms with E-state index in [0.29, 0.717) is 28.1 Å². The number of methoxy groups -OCH3 is 1. The Morgan fingerprint density at radius 3 is 2.38 bits per heavy atom. The van der Waals surface area contributed by atoms with Gasteiger partial charge in [-0.15, -0.1) is 0 Å². The number of benzene rings is 3. The molecule has 0 aliphatic carbocycles. The number of hydrogen-bond donors (Lipinski definition) is 2. The molecule has 34 heavy (non-hydrogen) atoms. The van der Waals surface area contributed by atoms with Gasteiger partial charge in [-0.3, -0.25) is 24.2 Å². The van der Waals surface area contributed by atoms with E-state index in [2.05, 4.69) is 10.4 Å². The first kappa shape index (κ1) is 21.5. The first-order chi connectivity index (χ1) is 16.6. The lowest BCUT2D eigenvalue weighted by Gasteiger charge is -2.37. The van der Waals surface area contributed by atoms with Gasteiger partial charge in [-0.1, -0.05) is 66.7 Å². The Kier molecular flexibility index (Phi) is 5.37. The Hall–Kier alpha value is -4.39. The molecule has 4 aromatic rings. The number of rotatable bonds is 7. The predicted molar refractivity (Wildman–Crippen MR) is 128 cm³/mol. The minimum Gasteiger partial charge on any atom is -0.496 e. The van der Waals surface area contributed by atoms with Crippen LogP contribution in [-0.4, -0.2) is 28.6 Å². The number of para-hydroxylation sites is 2. The summed E-state index contributed by atoms with van der Waals surface area (Å²) >= 11 is 0. The highest BCUT2D eigenvalue weighted by Gasteiger charge is 2.56. The van der Waals surface area contributed by atoms with Crippen LogP contribution >= 0.6 is 0 Å². The number of fused-ring (bicyclic) bond motifs is 1. The fraction of sp³-hybridized carbons (Fsp3) is 0.148. The van der Waals surface area contributed by atoms with E-state index >= 15 is 0 Å². The highest BCUT2D eigenvalue weighted by atomic mass is 16.5. The number of ether oxygens (including phenoxy) is 1. The molecule has 1 unspecified atom stereocenters. The molecule has 0 saturated heterocycles. The number of hydrogen-bond acceptors (Lipinski definition) is 4. The van der Waals surface area contributed by atoms with Crippen molar-refractivity contribution >= 4 is 17.4 Å². The van der Waals surface area contributed by atoms with Crippen LogP contribution in [0.4, 0.5) is 5.69 Å². The minimum absolute atomic E-state index is 0.00630. The van der Waals surface area contributed by atoms with Crippen LogP contribution in [0, 0.1) is 0 Å². The summed E-state index contributed by atoms with van der Waals surface area (Å²) in [5, 5.41) is 5.74. The summed E-state index contributed by atoms with van der Waals surface area (Å²) in [4.78, 5) is 39.7. The van der Waals surface area contributed by atoms with E-state index in [9.17, 15) is 14.4 Å². The summed E-state index contributed by atoms with van der Waals surface area (Å²) in [5.74, 6) is -0.595. The molecule has 0 radical (unpaired) electrons. The molecule has 0 spiro atoms. The number of nitrogens with one attached hydrogen (secondary N) is 2. The molecule has 7 heteroatoms. The first-order valence-electron chi connectivity index (χ1n) is 11.0. The van der Waals surface area contributed by atoms with Crippen LogP contribution in [0.2, 0.25) is 0 Å². The van der Waals surface area contributed by atoms with Crippen molar-refractivity contribution in [3.8, 4) is 5.75 Å². The molecule has 170 valence electrons. The third kappa shape index (κ3) is 3.33. The molecule has 7 nitrogen and oxygen atoms in total. The smallest absolute Gasteiger partial charge is 0.264 e. The predicted octanol–water partition coefficient (Wildman–Crippen LogP) is 3.94. The highest BCUT2D eigenvalue weighted by Crippen LogP contribution is 2.51. The quantitative estimate of drug-likeness (QED) is 0.415. The van der Waals surface area contributed by atoms with E-state index in [1.807, 2.05) is 60.7 Å². The molecule has 1 amide bonds. The first-order valence-corrected chi connectivity index (χ1v) is 11.0. The number of aromatic amines is 1. The second-order valence-corrected chi connectivity index (χ2v) is 8.22. The third-order valence-corrected chi connectivity index (χ3v) is 6.42. The summed E-state index contributed by atoms with van der Waals surface area (Å²) in [6.07, 6.45) is 1.56. The normalized spacial score (nSPS) is 17.6. The number of ketones is 1. The zero-order valence-corrected chi connectivity index (χ0v) is 18.5. The summed E-state index contributed by atoms with van der Waals surface area (Å²) in [5.41, 5.74) is 0.779. The Morgan fingerprint density at radius 2 is 1.65 bits per heavy atom. The van der Waals surface area contributed by atoms with Crippen LogP contribution in [0.5, 0.6) is 5.75 Å². The fourth-order valence-electron chi connectivity index (χ4n) is 4.92.